The number of cyclic esters (lactones) is 1. The highest BCUT2D eigenvalue weighted by atomic mass is 16.6. The first kappa shape index (κ1) is 13.9. The van der Waals surface area contributed by atoms with Gasteiger partial charge in [0.15, 0.2) is 0 Å². The Morgan fingerprint density at radius 1 is 1.10 bits per heavy atom. The summed E-state index contributed by atoms with van der Waals surface area (Å²) >= 11 is 0. The van der Waals surface area contributed by atoms with E-state index in [4.69, 9.17) is 9.84 Å². The lowest BCUT2D eigenvalue weighted by Gasteiger charge is -2.28. The van der Waals surface area contributed by atoms with Crippen molar-refractivity contribution in [2.75, 3.05) is 36.0 Å². The summed E-state index contributed by atoms with van der Waals surface area (Å²) in [4.78, 5) is 26.7. The highest BCUT2D eigenvalue weighted by molar-refractivity contribution is 5.90. The second-order valence-corrected chi connectivity index (χ2v) is 5.34. The molecule has 2 saturated heterocycles. The lowest BCUT2D eigenvalue weighted by molar-refractivity contribution is -0.119. The average Bonchev–Trinajstić information content (AvgIpc) is 2.89. The topological polar surface area (TPSA) is 70.1 Å². The molecule has 1 amide bonds. The number of anilines is 2. The predicted molar refractivity (Wildman–Crippen MR) is 77.6 cm³/mol. The van der Waals surface area contributed by atoms with Crippen molar-refractivity contribution in [2.45, 2.75) is 18.9 Å². The molecule has 0 bridgehead atoms. The summed E-state index contributed by atoms with van der Waals surface area (Å²) in [6.07, 6.45) is 0.312. The molecule has 1 N–H and O–H groups in total. The smallest absolute Gasteiger partial charge is 0.414 e. The Balaban J connectivity index is 1.69. The van der Waals surface area contributed by atoms with Gasteiger partial charge in [0.05, 0.1) is 13.2 Å². The van der Waals surface area contributed by atoms with E-state index in [9.17, 15) is 9.59 Å². The maximum Gasteiger partial charge on any atom is 0.414 e. The van der Waals surface area contributed by atoms with Gasteiger partial charge in [-0.05, 0) is 24.3 Å². The van der Waals surface area contributed by atoms with Gasteiger partial charge in [-0.1, -0.05) is 0 Å². The van der Waals surface area contributed by atoms with Crippen LogP contribution in [0.25, 0.3) is 0 Å². The highest BCUT2D eigenvalue weighted by Crippen LogP contribution is 2.25. The predicted octanol–water partition coefficient (Wildman–Crippen LogP) is 1.17. The molecule has 2 aliphatic heterocycles. The summed E-state index contributed by atoms with van der Waals surface area (Å²) in [7, 11) is 0. The Kier molecular flexibility index (Phi) is 3.79. The van der Waals surface area contributed by atoms with Crippen LogP contribution in [0.5, 0.6) is 0 Å². The lowest BCUT2D eigenvalue weighted by Crippen LogP contribution is -2.33. The molecule has 3 rings (SSSR count). The molecule has 0 aliphatic carbocycles. The number of aliphatic hydroxyl groups is 1. The molecule has 21 heavy (non-hydrogen) atoms. The molecule has 1 aromatic rings. The van der Waals surface area contributed by atoms with E-state index in [1.54, 1.807) is 0 Å². The zero-order valence-electron chi connectivity index (χ0n) is 11.7. The van der Waals surface area contributed by atoms with E-state index in [1.807, 2.05) is 24.3 Å². The maximum absolute atomic E-state index is 11.7. The van der Waals surface area contributed by atoms with Crippen LogP contribution >= 0.6 is 0 Å². The van der Waals surface area contributed by atoms with Gasteiger partial charge >= 0.3 is 6.09 Å². The Labute approximate surface area is 122 Å². The van der Waals surface area contributed by atoms with Gasteiger partial charge in [0.2, 0.25) is 0 Å². The maximum atomic E-state index is 11.7. The summed E-state index contributed by atoms with van der Waals surface area (Å²) < 4.78 is 5.02. The molecule has 0 aromatic heterocycles. The summed E-state index contributed by atoms with van der Waals surface area (Å²) in [5.74, 6) is 0.317. The van der Waals surface area contributed by atoms with Gasteiger partial charge < -0.3 is 14.7 Å². The molecule has 0 saturated carbocycles. The molecule has 6 nitrogen and oxygen atoms in total. The molecular formula is C15H18N2O4. The number of hydrogen-bond donors (Lipinski definition) is 1. The summed E-state index contributed by atoms with van der Waals surface area (Å²) in [5.41, 5.74) is 1.81. The van der Waals surface area contributed by atoms with Crippen molar-refractivity contribution >= 4 is 23.3 Å². The van der Waals surface area contributed by atoms with Crippen molar-refractivity contribution in [3.8, 4) is 0 Å². The minimum Gasteiger partial charge on any atom is -0.441 e. The quantitative estimate of drug-likeness (QED) is 0.905. The van der Waals surface area contributed by atoms with Crippen LogP contribution in [-0.4, -0.2) is 49.3 Å². The van der Waals surface area contributed by atoms with Gasteiger partial charge in [-0.15, -0.1) is 0 Å². The van der Waals surface area contributed by atoms with Crippen molar-refractivity contribution in [2.24, 2.45) is 0 Å². The molecule has 0 spiro atoms. The number of amides is 1. The van der Waals surface area contributed by atoms with Gasteiger partial charge in [-0.3, -0.25) is 9.69 Å². The van der Waals surface area contributed by atoms with Gasteiger partial charge in [0.25, 0.3) is 0 Å². The normalized spacial score (nSPS) is 22.6. The van der Waals surface area contributed by atoms with E-state index in [0.717, 1.165) is 24.5 Å². The number of Topliss-reactive ketones (excluding diaryl/α,β-unsaturated/α-hetero) is 1. The molecule has 112 valence electrons. The van der Waals surface area contributed by atoms with Gasteiger partial charge in [0.1, 0.15) is 11.9 Å². The molecule has 0 radical (unpaired) electrons. The number of hydrogen-bond acceptors (Lipinski definition) is 5. The van der Waals surface area contributed by atoms with Gasteiger partial charge in [0, 0.05) is 37.3 Å². The van der Waals surface area contributed by atoms with E-state index >= 15 is 0 Å². The fourth-order valence-corrected chi connectivity index (χ4v) is 2.69. The van der Waals surface area contributed by atoms with E-state index in [-0.39, 0.29) is 6.61 Å². The SMILES string of the molecule is O=C1CCN(c2ccc(N3CC(CO)OC3=O)cc2)CC1. The number of benzene rings is 1. The first-order valence-corrected chi connectivity index (χ1v) is 7.13. The number of carbonyl (C=O) groups excluding carboxylic acids is 2. The molecule has 6 heteroatoms. The zero-order chi connectivity index (χ0) is 14.8. The van der Waals surface area contributed by atoms with Crippen LogP contribution in [0.2, 0.25) is 0 Å². The van der Waals surface area contributed by atoms with E-state index in [2.05, 4.69) is 4.90 Å². The van der Waals surface area contributed by atoms with Crippen molar-refractivity contribution in [1.82, 2.24) is 0 Å². The molecule has 2 fully saturated rings. The molecule has 1 unspecified atom stereocenters. The number of carbonyl (C=O) groups is 2. The Morgan fingerprint density at radius 2 is 1.71 bits per heavy atom. The first-order valence-electron chi connectivity index (χ1n) is 7.13. The number of ketones is 1. The fraction of sp³-hybridized carbons (Fsp3) is 0.467. The highest BCUT2D eigenvalue weighted by Gasteiger charge is 2.31. The second-order valence-electron chi connectivity index (χ2n) is 5.34. The number of aliphatic hydroxyl groups excluding tert-OH is 1. The van der Waals surface area contributed by atoms with Crippen molar-refractivity contribution in [3.05, 3.63) is 24.3 Å². The Hall–Kier alpha value is -2.08. The Bertz CT molecular complexity index is 533. The zero-order valence-corrected chi connectivity index (χ0v) is 11.7. The van der Waals surface area contributed by atoms with Crippen LogP contribution in [0.1, 0.15) is 12.8 Å². The van der Waals surface area contributed by atoms with Crippen molar-refractivity contribution in [1.29, 1.82) is 0 Å². The molecule has 1 atom stereocenters. The summed E-state index contributed by atoms with van der Waals surface area (Å²) in [6.45, 7) is 1.70. The van der Waals surface area contributed by atoms with E-state index in [0.29, 0.717) is 25.2 Å². The van der Waals surface area contributed by atoms with Crippen LogP contribution < -0.4 is 9.80 Å². The summed E-state index contributed by atoms with van der Waals surface area (Å²) in [5, 5.41) is 9.05. The first-order chi connectivity index (χ1) is 10.2. The van der Waals surface area contributed by atoms with E-state index in [1.165, 1.54) is 4.90 Å². The van der Waals surface area contributed by atoms with Crippen LogP contribution in [-0.2, 0) is 9.53 Å². The monoisotopic (exact) mass is 290 g/mol. The molecular weight excluding hydrogens is 272 g/mol. The van der Waals surface area contributed by atoms with Crippen LogP contribution in [0.15, 0.2) is 24.3 Å². The number of nitrogens with zero attached hydrogens (tertiary/aromatic N) is 2. The minimum absolute atomic E-state index is 0.165. The Morgan fingerprint density at radius 3 is 2.29 bits per heavy atom. The minimum atomic E-state index is -0.453. The third kappa shape index (κ3) is 2.85. The van der Waals surface area contributed by atoms with Crippen molar-refractivity contribution < 1.29 is 19.4 Å². The summed E-state index contributed by atoms with van der Waals surface area (Å²) in [6, 6.07) is 7.63. The molecule has 2 heterocycles. The van der Waals surface area contributed by atoms with Gasteiger partial charge in [-0.25, -0.2) is 4.79 Å². The number of piperidine rings is 1. The largest absolute Gasteiger partial charge is 0.441 e. The van der Waals surface area contributed by atoms with Gasteiger partial charge in [-0.2, -0.15) is 0 Å². The van der Waals surface area contributed by atoms with E-state index < -0.39 is 12.2 Å². The molecule has 1 aromatic carbocycles. The molecule has 2 aliphatic rings. The van der Waals surface area contributed by atoms with Crippen LogP contribution in [0.3, 0.4) is 0 Å². The van der Waals surface area contributed by atoms with Crippen LogP contribution in [0.4, 0.5) is 16.2 Å². The standard InChI is InChI=1S/C15H18N2O4/c18-10-14-9-17(15(20)21-14)12-3-1-11(2-4-12)16-7-5-13(19)6-8-16/h1-4,14,18H,5-10H2. The third-order valence-corrected chi connectivity index (χ3v) is 3.93. The van der Waals surface area contributed by atoms with Crippen molar-refractivity contribution in [3.63, 3.8) is 0 Å². The fourth-order valence-electron chi connectivity index (χ4n) is 2.69. The number of rotatable bonds is 3. The average molecular weight is 290 g/mol. The van der Waals surface area contributed by atoms with Crippen LogP contribution in [0, 0.1) is 0 Å². The lowest BCUT2D eigenvalue weighted by atomic mass is 10.1. The number of ether oxygens (including phenoxy) is 1. The third-order valence-electron chi connectivity index (χ3n) is 3.93. The second kappa shape index (κ2) is 5.73.